The van der Waals surface area contributed by atoms with Crippen LogP contribution in [0.2, 0.25) is 0 Å². The van der Waals surface area contributed by atoms with E-state index in [4.69, 9.17) is 5.73 Å². The van der Waals surface area contributed by atoms with Crippen LogP contribution in [0, 0.1) is 5.82 Å². The lowest BCUT2D eigenvalue weighted by Gasteiger charge is -2.27. The Hall–Kier alpha value is -2.50. The fourth-order valence-electron chi connectivity index (χ4n) is 1.63. The number of carbonyl (C=O) groups excluding carboxylic acids is 1. The van der Waals surface area contributed by atoms with Gasteiger partial charge in [-0.25, -0.2) is 4.39 Å². The Morgan fingerprint density at radius 2 is 2.00 bits per heavy atom. The maximum absolute atomic E-state index is 12.9. The van der Waals surface area contributed by atoms with E-state index in [2.05, 4.69) is 15.3 Å². The predicted molar refractivity (Wildman–Crippen MR) is 68.6 cm³/mol. The summed E-state index contributed by atoms with van der Waals surface area (Å²) in [6, 6.07) is 5.63. The molecular weight excluding hydrogens is 247 g/mol. The van der Waals surface area contributed by atoms with Crippen LogP contribution in [0.5, 0.6) is 0 Å². The van der Waals surface area contributed by atoms with Gasteiger partial charge in [0.2, 0.25) is 5.91 Å². The van der Waals surface area contributed by atoms with Crippen LogP contribution in [0.1, 0.15) is 12.6 Å². The standard InChI is InChI=1S/C13H13FN4O/c1-13(12(15)19,11-8-16-6-7-17-11)18-10-4-2-9(14)3-5-10/h2-8,18H,1H3,(H2,15,19). The second kappa shape index (κ2) is 5.01. The van der Waals surface area contributed by atoms with Crippen molar-refractivity contribution in [3.63, 3.8) is 0 Å². The first-order valence-corrected chi connectivity index (χ1v) is 5.62. The van der Waals surface area contributed by atoms with E-state index in [1.807, 2.05) is 0 Å². The van der Waals surface area contributed by atoms with Crippen molar-refractivity contribution >= 4 is 11.6 Å². The molecule has 2 aromatic rings. The number of carbonyl (C=O) groups is 1. The Kier molecular flexibility index (Phi) is 3.41. The first-order valence-electron chi connectivity index (χ1n) is 5.62. The Morgan fingerprint density at radius 3 is 2.53 bits per heavy atom. The van der Waals surface area contributed by atoms with E-state index in [1.165, 1.54) is 42.9 Å². The van der Waals surface area contributed by atoms with Gasteiger partial charge in [-0.2, -0.15) is 0 Å². The van der Waals surface area contributed by atoms with Crippen LogP contribution < -0.4 is 11.1 Å². The minimum Gasteiger partial charge on any atom is -0.367 e. The molecule has 6 heteroatoms. The maximum Gasteiger partial charge on any atom is 0.249 e. The SMILES string of the molecule is CC(Nc1ccc(F)cc1)(C(N)=O)c1cnccn1. The molecule has 0 aliphatic heterocycles. The lowest BCUT2D eigenvalue weighted by atomic mass is 9.96. The molecule has 0 aliphatic carbocycles. The average molecular weight is 260 g/mol. The number of benzene rings is 1. The van der Waals surface area contributed by atoms with E-state index < -0.39 is 11.4 Å². The number of hydrogen-bond donors (Lipinski definition) is 2. The molecule has 1 atom stereocenters. The monoisotopic (exact) mass is 260 g/mol. The molecule has 98 valence electrons. The second-order valence-electron chi connectivity index (χ2n) is 4.21. The van der Waals surface area contributed by atoms with E-state index in [1.54, 1.807) is 6.92 Å². The summed E-state index contributed by atoms with van der Waals surface area (Å²) in [4.78, 5) is 19.7. The number of amides is 1. The van der Waals surface area contributed by atoms with Crippen molar-refractivity contribution < 1.29 is 9.18 Å². The molecule has 0 aliphatic rings. The normalized spacial score (nSPS) is 13.6. The quantitative estimate of drug-likeness (QED) is 0.871. The fourth-order valence-corrected chi connectivity index (χ4v) is 1.63. The Morgan fingerprint density at radius 1 is 1.32 bits per heavy atom. The van der Waals surface area contributed by atoms with Crippen molar-refractivity contribution in [1.82, 2.24) is 9.97 Å². The first-order chi connectivity index (χ1) is 9.02. The molecule has 0 fully saturated rings. The summed E-state index contributed by atoms with van der Waals surface area (Å²) >= 11 is 0. The molecule has 0 saturated heterocycles. The van der Waals surface area contributed by atoms with Gasteiger partial charge in [-0.05, 0) is 31.2 Å². The molecular formula is C13H13FN4O. The summed E-state index contributed by atoms with van der Waals surface area (Å²) < 4.78 is 12.9. The summed E-state index contributed by atoms with van der Waals surface area (Å²) in [6.07, 6.45) is 4.44. The molecule has 19 heavy (non-hydrogen) atoms. The minimum atomic E-state index is -1.22. The van der Waals surface area contributed by atoms with Gasteiger partial charge in [0.15, 0.2) is 5.54 Å². The number of hydrogen-bond acceptors (Lipinski definition) is 4. The van der Waals surface area contributed by atoms with Crippen LogP contribution in [0.3, 0.4) is 0 Å². The minimum absolute atomic E-state index is 0.356. The highest BCUT2D eigenvalue weighted by Gasteiger charge is 2.34. The highest BCUT2D eigenvalue weighted by atomic mass is 19.1. The van der Waals surface area contributed by atoms with Gasteiger partial charge in [0.25, 0.3) is 0 Å². The highest BCUT2D eigenvalue weighted by Crippen LogP contribution is 2.24. The van der Waals surface area contributed by atoms with Crippen molar-refractivity contribution in [3.8, 4) is 0 Å². The predicted octanol–water partition coefficient (Wildman–Crippen LogP) is 1.43. The molecule has 1 unspecified atom stereocenters. The molecule has 1 aromatic carbocycles. The summed E-state index contributed by atoms with van der Waals surface area (Å²) in [5.41, 5.74) is 5.18. The zero-order chi connectivity index (χ0) is 13.9. The zero-order valence-electron chi connectivity index (χ0n) is 10.3. The van der Waals surface area contributed by atoms with Crippen molar-refractivity contribution in [2.75, 3.05) is 5.32 Å². The molecule has 0 bridgehead atoms. The van der Waals surface area contributed by atoms with Crippen LogP contribution in [-0.2, 0) is 10.3 Å². The van der Waals surface area contributed by atoms with Gasteiger partial charge in [-0.3, -0.25) is 14.8 Å². The topological polar surface area (TPSA) is 80.9 Å². The Balaban J connectivity index is 2.36. The number of nitrogens with one attached hydrogen (secondary N) is 1. The van der Waals surface area contributed by atoms with Gasteiger partial charge in [0.1, 0.15) is 5.82 Å². The molecule has 0 radical (unpaired) electrons. The zero-order valence-corrected chi connectivity index (χ0v) is 10.3. The summed E-state index contributed by atoms with van der Waals surface area (Å²) in [6.45, 7) is 1.60. The number of primary amides is 1. The maximum atomic E-state index is 12.9. The van der Waals surface area contributed by atoms with Crippen molar-refractivity contribution in [1.29, 1.82) is 0 Å². The van der Waals surface area contributed by atoms with E-state index >= 15 is 0 Å². The number of nitrogens with two attached hydrogens (primary N) is 1. The van der Waals surface area contributed by atoms with Crippen molar-refractivity contribution in [3.05, 3.63) is 54.4 Å². The molecule has 0 spiro atoms. The van der Waals surface area contributed by atoms with Gasteiger partial charge in [0.05, 0.1) is 11.9 Å². The van der Waals surface area contributed by atoms with Gasteiger partial charge < -0.3 is 11.1 Å². The number of aromatic nitrogens is 2. The number of nitrogens with zero attached hydrogens (tertiary/aromatic N) is 2. The second-order valence-corrected chi connectivity index (χ2v) is 4.21. The third-order valence-electron chi connectivity index (χ3n) is 2.81. The summed E-state index contributed by atoms with van der Waals surface area (Å²) in [5, 5.41) is 2.95. The number of rotatable bonds is 4. The van der Waals surface area contributed by atoms with Crippen LogP contribution in [0.15, 0.2) is 42.9 Å². The molecule has 1 heterocycles. The Bertz CT molecular complexity index is 573. The van der Waals surface area contributed by atoms with Gasteiger partial charge in [0, 0.05) is 18.1 Å². The molecule has 1 aromatic heterocycles. The fraction of sp³-hybridized carbons (Fsp3) is 0.154. The van der Waals surface area contributed by atoms with Crippen LogP contribution in [0.25, 0.3) is 0 Å². The lowest BCUT2D eigenvalue weighted by molar-refractivity contribution is -0.122. The van der Waals surface area contributed by atoms with Crippen LogP contribution in [0.4, 0.5) is 10.1 Å². The third kappa shape index (κ3) is 2.67. The van der Waals surface area contributed by atoms with Crippen LogP contribution in [-0.4, -0.2) is 15.9 Å². The van der Waals surface area contributed by atoms with Gasteiger partial charge in [-0.1, -0.05) is 0 Å². The van der Waals surface area contributed by atoms with Crippen molar-refractivity contribution in [2.24, 2.45) is 5.73 Å². The number of anilines is 1. The van der Waals surface area contributed by atoms with E-state index in [9.17, 15) is 9.18 Å². The third-order valence-corrected chi connectivity index (χ3v) is 2.81. The molecule has 1 amide bonds. The number of halogens is 1. The average Bonchev–Trinajstić information content (AvgIpc) is 2.42. The smallest absolute Gasteiger partial charge is 0.249 e. The lowest BCUT2D eigenvalue weighted by Crippen LogP contribution is -2.45. The molecule has 2 rings (SSSR count). The van der Waals surface area contributed by atoms with Gasteiger partial charge >= 0.3 is 0 Å². The van der Waals surface area contributed by atoms with Gasteiger partial charge in [-0.15, -0.1) is 0 Å². The highest BCUT2D eigenvalue weighted by molar-refractivity contribution is 5.88. The first kappa shape index (κ1) is 12.9. The van der Waals surface area contributed by atoms with Crippen molar-refractivity contribution in [2.45, 2.75) is 12.5 Å². The largest absolute Gasteiger partial charge is 0.367 e. The Labute approximate surface area is 109 Å². The van der Waals surface area contributed by atoms with E-state index in [-0.39, 0.29) is 5.82 Å². The van der Waals surface area contributed by atoms with E-state index in [0.29, 0.717) is 11.4 Å². The summed E-state index contributed by atoms with van der Waals surface area (Å²) in [5.74, 6) is -0.955. The van der Waals surface area contributed by atoms with Crippen LogP contribution >= 0.6 is 0 Å². The molecule has 5 nitrogen and oxygen atoms in total. The van der Waals surface area contributed by atoms with E-state index in [0.717, 1.165) is 0 Å². The molecule has 3 N–H and O–H groups in total. The molecule has 0 saturated carbocycles. The summed E-state index contributed by atoms with van der Waals surface area (Å²) in [7, 11) is 0.